The molecule has 2 aliphatic rings. The number of carbonyl (C=O) groups excluding carboxylic acids is 4. The van der Waals surface area contributed by atoms with Crippen molar-refractivity contribution in [1.82, 2.24) is 15.5 Å². The number of fused-ring (bicyclic) bond motifs is 1. The number of nitrogens with one attached hydrogen (secondary N) is 4. The largest absolute Gasteiger partial charge is 0.368 e. The summed E-state index contributed by atoms with van der Waals surface area (Å²) in [5.41, 5.74) is 9.62. The van der Waals surface area contributed by atoms with Crippen molar-refractivity contribution in [3.8, 4) is 0 Å². The molecule has 0 radical (unpaired) electrons. The Labute approximate surface area is 309 Å². The first-order chi connectivity index (χ1) is 25.3. The number of nitrogens with two attached hydrogens (primary N) is 1. The lowest BCUT2D eigenvalue weighted by Crippen LogP contribution is -2.47. The van der Waals surface area contributed by atoms with Gasteiger partial charge >= 0.3 is 6.03 Å². The minimum absolute atomic E-state index is 0. The summed E-state index contributed by atoms with van der Waals surface area (Å²) in [6.45, 7) is 4.38. The number of hydrogen-bond donors (Lipinski definition) is 5. The lowest BCUT2D eigenvalue weighted by Gasteiger charge is -2.29. The van der Waals surface area contributed by atoms with E-state index in [4.69, 9.17) is 5.73 Å². The second-order valence-corrected chi connectivity index (χ2v) is 13.7. The highest BCUT2D eigenvalue weighted by molar-refractivity contribution is 5.98. The van der Waals surface area contributed by atoms with Crippen molar-refractivity contribution in [3.05, 3.63) is 102 Å². The summed E-state index contributed by atoms with van der Waals surface area (Å²) in [5, 5.41) is 14.1. The Morgan fingerprint density at radius 2 is 1.58 bits per heavy atom. The van der Waals surface area contributed by atoms with Gasteiger partial charge in [-0.1, -0.05) is 72.8 Å². The van der Waals surface area contributed by atoms with Crippen molar-refractivity contribution in [1.29, 1.82) is 0 Å². The summed E-state index contributed by atoms with van der Waals surface area (Å²) in [5.74, 6) is -0.469. The fraction of sp³-hybridized carbons (Fsp3) is 0.366. The van der Waals surface area contributed by atoms with Gasteiger partial charge in [0.15, 0.2) is 0 Å². The Morgan fingerprint density at radius 1 is 0.808 bits per heavy atom. The van der Waals surface area contributed by atoms with Crippen molar-refractivity contribution in [2.24, 2.45) is 11.7 Å². The molecule has 278 valence electrons. The minimum atomic E-state index is -0.933. The van der Waals surface area contributed by atoms with Gasteiger partial charge in [0.05, 0.1) is 11.4 Å². The zero-order chi connectivity index (χ0) is 36.3. The van der Waals surface area contributed by atoms with Gasteiger partial charge in [-0.3, -0.25) is 14.4 Å². The summed E-state index contributed by atoms with van der Waals surface area (Å²) >= 11 is 0. The number of amides is 5. The van der Waals surface area contributed by atoms with Gasteiger partial charge in [0.1, 0.15) is 6.04 Å². The van der Waals surface area contributed by atoms with Gasteiger partial charge < -0.3 is 36.8 Å². The average Bonchev–Trinajstić information content (AvgIpc) is 3.41. The molecule has 4 aromatic rings. The number of primary amides is 1. The van der Waals surface area contributed by atoms with Crippen molar-refractivity contribution in [2.75, 3.05) is 54.8 Å². The van der Waals surface area contributed by atoms with Gasteiger partial charge in [0.25, 0.3) is 0 Å². The first-order valence-electron chi connectivity index (χ1n) is 18.4. The number of aryl methyl sites for hydroxylation is 1. The number of hydrogen-bond acceptors (Lipinski definition) is 6. The van der Waals surface area contributed by atoms with E-state index in [1.807, 2.05) is 71.6 Å². The highest BCUT2D eigenvalue weighted by Gasteiger charge is 2.28. The van der Waals surface area contributed by atoms with E-state index in [1.165, 1.54) is 5.56 Å². The van der Waals surface area contributed by atoms with E-state index in [0.29, 0.717) is 43.9 Å². The Kier molecular flexibility index (Phi) is 12.4. The zero-order valence-corrected chi connectivity index (χ0v) is 29.6. The lowest BCUT2D eigenvalue weighted by molar-refractivity contribution is -0.136. The number of rotatable bonds is 12. The maximum atomic E-state index is 13.3. The average molecular weight is 710 g/mol. The normalized spacial score (nSPS) is 15.8. The third-order valence-electron chi connectivity index (χ3n) is 9.98. The molecule has 6 N–H and O–H groups in total. The fourth-order valence-electron chi connectivity index (χ4n) is 7.16. The molecule has 11 nitrogen and oxygen atoms in total. The molecular formula is C41H55N7O4. The molecule has 0 aliphatic carbocycles. The van der Waals surface area contributed by atoms with Crippen molar-refractivity contribution in [3.63, 3.8) is 0 Å². The molecule has 5 amide bonds. The van der Waals surface area contributed by atoms with E-state index in [0.717, 1.165) is 67.3 Å². The van der Waals surface area contributed by atoms with Crippen molar-refractivity contribution in [2.45, 2.75) is 51.0 Å². The van der Waals surface area contributed by atoms with Gasteiger partial charge in [0.2, 0.25) is 17.7 Å². The topological polar surface area (TPSA) is 149 Å². The van der Waals surface area contributed by atoms with Crippen LogP contribution in [0.5, 0.6) is 0 Å². The summed E-state index contributed by atoms with van der Waals surface area (Å²) in [4.78, 5) is 56.5. The first kappa shape index (κ1) is 36.4. The molecule has 0 aromatic heterocycles. The summed E-state index contributed by atoms with van der Waals surface area (Å²) in [7, 11) is 0. The van der Waals surface area contributed by atoms with Crippen LogP contribution in [0.15, 0.2) is 91.0 Å². The second kappa shape index (κ2) is 17.7. The Balaban J connectivity index is 0.00000271. The molecule has 2 fully saturated rings. The van der Waals surface area contributed by atoms with Gasteiger partial charge in [-0.05, 0) is 85.3 Å². The Morgan fingerprint density at radius 3 is 2.37 bits per heavy atom. The molecule has 2 heterocycles. The summed E-state index contributed by atoms with van der Waals surface area (Å²) < 4.78 is 0. The molecule has 11 heteroatoms. The van der Waals surface area contributed by atoms with Crippen molar-refractivity contribution < 1.29 is 23.5 Å². The number of piperidine rings is 1. The molecule has 4 aromatic carbocycles. The van der Waals surface area contributed by atoms with Crippen LogP contribution in [0, 0.1) is 5.92 Å². The zero-order valence-electron chi connectivity index (χ0n) is 29.6. The Bertz CT molecular complexity index is 1880. The smallest absolute Gasteiger partial charge is 0.319 e. The minimum Gasteiger partial charge on any atom is -0.368 e. The standard InChI is InChI=1S/C41H49N7O4.3H2/c42-39(50)36(27-30-14-15-31-11-4-5-12-33(31)26-30)46-41(52)44-34-16-17-37(35(28-34)45-38(49)13-6-10-29-8-2-1-3-9-29)47-22-7-23-48(25-24-47)40(51)32-18-20-43-21-19-32;;;/h1-5,8-9,11-12,14-17,26,28,32,36,43H,6-7,10,13,18-25,27H2,(H2,42,50)(H,45,49)(H2,44,46,52);3*1H. The van der Waals surface area contributed by atoms with Crippen LogP contribution in [0.1, 0.15) is 47.5 Å². The van der Waals surface area contributed by atoms with Crippen LogP contribution in [0.4, 0.5) is 21.9 Å². The molecule has 6 rings (SSSR count). The molecule has 52 heavy (non-hydrogen) atoms. The third-order valence-corrected chi connectivity index (χ3v) is 9.98. The lowest BCUT2D eigenvalue weighted by atomic mass is 9.96. The van der Waals surface area contributed by atoms with E-state index in [-0.39, 0.29) is 28.4 Å². The number of urea groups is 1. The van der Waals surface area contributed by atoms with Crippen LogP contribution in [0.3, 0.4) is 0 Å². The van der Waals surface area contributed by atoms with Crippen LogP contribution in [0.25, 0.3) is 10.8 Å². The predicted molar refractivity (Wildman–Crippen MR) is 213 cm³/mol. The molecule has 1 unspecified atom stereocenters. The highest BCUT2D eigenvalue weighted by atomic mass is 16.2. The van der Waals surface area contributed by atoms with Crippen molar-refractivity contribution >= 4 is 51.6 Å². The second-order valence-electron chi connectivity index (χ2n) is 13.7. The number of anilines is 3. The van der Waals surface area contributed by atoms with Gasteiger partial charge in [-0.25, -0.2) is 4.79 Å². The van der Waals surface area contributed by atoms with E-state index in [9.17, 15) is 19.2 Å². The summed E-state index contributed by atoms with van der Waals surface area (Å²) in [6, 6.07) is 27.8. The summed E-state index contributed by atoms with van der Waals surface area (Å²) in [6.07, 6.45) is 4.58. The quantitative estimate of drug-likeness (QED) is 0.126. The van der Waals surface area contributed by atoms with Crippen LogP contribution in [0.2, 0.25) is 0 Å². The monoisotopic (exact) mass is 709 g/mol. The van der Waals surface area contributed by atoms with Crippen LogP contribution in [-0.2, 0) is 27.2 Å². The maximum absolute atomic E-state index is 13.3. The molecule has 0 bridgehead atoms. The van der Waals surface area contributed by atoms with E-state index in [1.54, 1.807) is 12.1 Å². The number of carbonyl (C=O) groups is 4. The van der Waals surface area contributed by atoms with E-state index >= 15 is 0 Å². The fourth-order valence-corrected chi connectivity index (χ4v) is 7.16. The van der Waals surface area contributed by atoms with Crippen LogP contribution in [-0.4, -0.2) is 74.0 Å². The molecule has 2 aliphatic heterocycles. The van der Waals surface area contributed by atoms with Gasteiger partial charge in [-0.2, -0.15) is 0 Å². The number of benzene rings is 4. The predicted octanol–water partition coefficient (Wildman–Crippen LogP) is 5.80. The Hall–Kier alpha value is -5.42. The molecule has 0 saturated carbocycles. The van der Waals surface area contributed by atoms with Crippen LogP contribution >= 0.6 is 0 Å². The highest BCUT2D eigenvalue weighted by Crippen LogP contribution is 2.31. The number of nitrogens with zero attached hydrogens (tertiary/aromatic N) is 2. The molecule has 2 saturated heterocycles. The first-order valence-corrected chi connectivity index (χ1v) is 18.4. The van der Waals surface area contributed by atoms with Crippen LogP contribution < -0.4 is 31.9 Å². The SMILES string of the molecule is NC(=O)C(Cc1ccc2ccccc2c1)NC(=O)Nc1ccc(N2CCCN(C(=O)C3CCNCC3)CC2)c(NC(=O)CCCc2ccccc2)c1.[HH].[HH].[HH]. The molecule has 0 spiro atoms. The third kappa shape index (κ3) is 9.88. The maximum Gasteiger partial charge on any atom is 0.319 e. The molecule has 1 atom stereocenters. The van der Waals surface area contributed by atoms with Gasteiger partial charge in [0, 0.05) is 54.9 Å². The van der Waals surface area contributed by atoms with Gasteiger partial charge in [-0.15, -0.1) is 0 Å². The van der Waals surface area contributed by atoms with E-state index in [2.05, 4.69) is 38.3 Å². The molecular weight excluding hydrogens is 654 g/mol. The van der Waals surface area contributed by atoms with E-state index < -0.39 is 18.0 Å².